The molecule has 2 aliphatic rings. The number of benzene rings is 1. The molecule has 7 heteroatoms. The number of nitrogens with one attached hydrogen (secondary N) is 1. The minimum absolute atomic E-state index is 0.0328. The van der Waals surface area contributed by atoms with Gasteiger partial charge >= 0.3 is 5.97 Å². The molecular weight excluding hydrogens is 384 g/mol. The lowest BCUT2D eigenvalue weighted by Gasteiger charge is -2.32. The second kappa shape index (κ2) is 8.42. The number of carbonyl (C=O) groups excluding carboxylic acids is 1. The Labute approximate surface area is 177 Å². The smallest absolute Gasteiger partial charge is 0.336 e. The van der Waals surface area contributed by atoms with Crippen molar-refractivity contribution < 1.29 is 24.1 Å². The Hall–Kier alpha value is -2.96. The lowest BCUT2D eigenvalue weighted by atomic mass is 9.79. The van der Waals surface area contributed by atoms with E-state index >= 15 is 0 Å². The lowest BCUT2D eigenvalue weighted by molar-refractivity contribution is -0.138. The van der Waals surface area contributed by atoms with Gasteiger partial charge in [-0.1, -0.05) is 13.0 Å². The first-order chi connectivity index (χ1) is 14.2. The highest BCUT2D eigenvalue weighted by atomic mass is 16.5. The molecular formula is C23H30N2O5. The third-order valence-electron chi connectivity index (χ3n) is 5.23. The van der Waals surface area contributed by atoms with Crippen molar-refractivity contribution in [2.45, 2.75) is 52.5 Å². The van der Waals surface area contributed by atoms with Gasteiger partial charge in [-0.05, 0) is 51.8 Å². The number of ether oxygens (including phenoxy) is 3. The van der Waals surface area contributed by atoms with E-state index in [0.29, 0.717) is 30.2 Å². The molecule has 0 radical (unpaired) electrons. The Bertz CT molecular complexity index is 943. The molecule has 1 unspecified atom stereocenters. The number of allylic oxidation sites excluding steroid dienone is 2. The molecule has 0 amide bonds. The summed E-state index contributed by atoms with van der Waals surface area (Å²) < 4.78 is 16.7. The predicted octanol–water partition coefficient (Wildman–Crippen LogP) is 3.80. The molecule has 2 heterocycles. The van der Waals surface area contributed by atoms with Crippen molar-refractivity contribution in [3.63, 3.8) is 0 Å². The molecule has 3 rings (SSSR count). The van der Waals surface area contributed by atoms with Crippen LogP contribution in [0.1, 0.15) is 52.5 Å². The van der Waals surface area contributed by atoms with Gasteiger partial charge in [0.2, 0.25) is 5.90 Å². The molecule has 0 spiro atoms. The number of phenols is 1. The summed E-state index contributed by atoms with van der Waals surface area (Å²) >= 11 is 0. The van der Waals surface area contributed by atoms with Crippen LogP contribution < -0.4 is 10.1 Å². The normalized spacial score (nSPS) is 20.5. The van der Waals surface area contributed by atoms with Gasteiger partial charge in [-0.2, -0.15) is 0 Å². The quantitative estimate of drug-likeness (QED) is 0.689. The summed E-state index contributed by atoms with van der Waals surface area (Å²) in [7, 11) is 1.50. The number of phenolic OH excluding ortho intramolecular Hbond substituents is 1. The zero-order valence-corrected chi connectivity index (χ0v) is 18.5. The van der Waals surface area contributed by atoms with E-state index in [1.165, 1.54) is 7.11 Å². The fourth-order valence-electron chi connectivity index (χ4n) is 3.84. The summed E-state index contributed by atoms with van der Waals surface area (Å²) in [6, 6.07) is 5.10. The van der Waals surface area contributed by atoms with Crippen molar-refractivity contribution in [1.82, 2.24) is 5.32 Å². The Morgan fingerprint density at radius 1 is 1.37 bits per heavy atom. The number of dihydropyridines is 1. The zero-order chi connectivity index (χ0) is 22.1. The third kappa shape index (κ3) is 4.01. The van der Waals surface area contributed by atoms with Crippen molar-refractivity contribution >= 4 is 11.9 Å². The minimum Gasteiger partial charge on any atom is -0.504 e. The van der Waals surface area contributed by atoms with Crippen LogP contribution in [0, 0.1) is 0 Å². The van der Waals surface area contributed by atoms with Crippen molar-refractivity contribution in [3.8, 4) is 11.5 Å². The highest BCUT2D eigenvalue weighted by molar-refractivity contribution is 6.03. The van der Waals surface area contributed by atoms with E-state index in [-0.39, 0.29) is 17.9 Å². The molecule has 0 saturated carbocycles. The predicted molar refractivity (Wildman–Crippen MR) is 115 cm³/mol. The molecule has 1 aromatic rings. The van der Waals surface area contributed by atoms with Crippen LogP contribution in [0.4, 0.5) is 0 Å². The summed E-state index contributed by atoms with van der Waals surface area (Å²) in [6.07, 6.45) is 0.706. The highest BCUT2D eigenvalue weighted by Crippen LogP contribution is 2.43. The van der Waals surface area contributed by atoms with Crippen molar-refractivity contribution in [2.75, 3.05) is 20.3 Å². The SMILES string of the molecule is CCOC(=O)C1=C(C)NC(CC)=C(C2=NC(C)(C)CO2)C1c1ccc(O)c(OC)c1. The van der Waals surface area contributed by atoms with Gasteiger partial charge in [0.05, 0.1) is 30.7 Å². The standard InChI is InChI=1S/C23H30N2O5/c1-7-15-20(21-25-23(4,5)12-30-21)19(14-9-10-16(26)17(11-14)28-6)18(13(3)24-15)22(27)29-8-2/h9-11,19,24,26H,7-8,12H2,1-6H3. The second-order valence-electron chi connectivity index (χ2n) is 8.01. The Kier molecular flexibility index (Phi) is 6.10. The van der Waals surface area contributed by atoms with Gasteiger partial charge in [-0.15, -0.1) is 0 Å². The molecule has 7 nitrogen and oxygen atoms in total. The van der Waals surface area contributed by atoms with Crippen LogP contribution in [-0.2, 0) is 14.3 Å². The number of rotatable bonds is 6. The molecule has 1 atom stereocenters. The van der Waals surface area contributed by atoms with E-state index < -0.39 is 11.9 Å². The molecule has 2 aliphatic heterocycles. The zero-order valence-electron chi connectivity index (χ0n) is 18.5. The van der Waals surface area contributed by atoms with E-state index in [1.807, 2.05) is 27.7 Å². The number of methoxy groups -OCH3 is 1. The first-order valence-electron chi connectivity index (χ1n) is 10.2. The lowest BCUT2D eigenvalue weighted by Crippen LogP contribution is -2.32. The Morgan fingerprint density at radius 2 is 2.10 bits per heavy atom. The molecule has 30 heavy (non-hydrogen) atoms. The topological polar surface area (TPSA) is 89.4 Å². The number of hydrogen-bond donors (Lipinski definition) is 2. The van der Waals surface area contributed by atoms with E-state index in [1.54, 1.807) is 25.1 Å². The fourth-order valence-corrected chi connectivity index (χ4v) is 3.84. The van der Waals surface area contributed by atoms with Gasteiger partial charge in [0.15, 0.2) is 11.5 Å². The van der Waals surface area contributed by atoms with Crippen LogP contribution in [0.3, 0.4) is 0 Å². The highest BCUT2D eigenvalue weighted by Gasteiger charge is 2.40. The maximum atomic E-state index is 13.0. The van der Waals surface area contributed by atoms with E-state index in [2.05, 4.69) is 5.32 Å². The van der Waals surface area contributed by atoms with Crippen molar-refractivity contribution in [3.05, 3.63) is 46.3 Å². The fraction of sp³-hybridized carbons (Fsp3) is 0.478. The van der Waals surface area contributed by atoms with Crippen LogP contribution in [0.25, 0.3) is 0 Å². The number of hydrogen-bond acceptors (Lipinski definition) is 7. The maximum absolute atomic E-state index is 13.0. The maximum Gasteiger partial charge on any atom is 0.336 e. The van der Waals surface area contributed by atoms with Gasteiger partial charge < -0.3 is 24.6 Å². The molecule has 0 saturated heterocycles. The molecule has 0 bridgehead atoms. The summed E-state index contributed by atoms with van der Waals surface area (Å²) in [5, 5.41) is 13.5. The summed E-state index contributed by atoms with van der Waals surface area (Å²) in [5.41, 5.74) is 3.40. The summed E-state index contributed by atoms with van der Waals surface area (Å²) in [4.78, 5) is 17.8. The minimum atomic E-state index is -0.470. The first-order valence-corrected chi connectivity index (χ1v) is 10.2. The van der Waals surface area contributed by atoms with Crippen molar-refractivity contribution in [1.29, 1.82) is 0 Å². The summed E-state index contributed by atoms with van der Waals surface area (Å²) in [6.45, 7) is 10.4. The van der Waals surface area contributed by atoms with Gasteiger partial charge in [0.1, 0.15) is 6.61 Å². The van der Waals surface area contributed by atoms with Crippen molar-refractivity contribution in [2.24, 2.45) is 4.99 Å². The van der Waals surface area contributed by atoms with Crippen LogP contribution in [0.2, 0.25) is 0 Å². The number of aromatic hydroxyl groups is 1. The third-order valence-corrected chi connectivity index (χ3v) is 5.23. The molecule has 0 aromatic heterocycles. The van der Waals surface area contributed by atoms with E-state index in [4.69, 9.17) is 19.2 Å². The van der Waals surface area contributed by atoms with Gasteiger partial charge in [-0.25, -0.2) is 9.79 Å². The molecule has 0 fully saturated rings. The Morgan fingerprint density at radius 3 is 2.67 bits per heavy atom. The number of aliphatic imine (C=N–C) groups is 1. The van der Waals surface area contributed by atoms with Crippen LogP contribution >= 0.6 is 0 Å². The average molecular weight is 415 g/mol. The molecule has 162 valence electrons. The van der Waals surface area contributed by atoms with E-state index in [0.717, 1.165) is 22.5 Å². The van der Waals surface area contributed by atoms with Crippen LogP contribution in [-0.4, -0.2) is 42.8 Å². The summed E-state index contributed by atoms with van der Waals surface area (Å²) in [5.74, 6) is 0.0208. The molecule has 0 aliphatic carbocycles. The average Bonchev–Trinajstić information content (AvgIpc) is 3.06. The first kappa shape index (κ1) is 21.7. The number of esters is 1. The van der Waals surface area contributed by atoms with Crippen LogP contribution in [0.5, 0.6) is 11.5 Å². The van der Waals surface area contributed by atoms with Gasteiger partial charge in [-0.3, -0.25) is 0 Å². The largest absolute Gasteiger partial charge is 0.504 e. The van der Waals surface area contributed by atoms with Crippen LogP contribution in [0.15, 0.2) is 45.7 Å². The Balaban J connectivity index is 2.25. The monoisotopic (exact) mass is 414 g/mol. The van der Waals surface area contributed by atoms with Gasteiger partial charge in [0, 0.05) is 17.0 Å². The van der Waals surface area contributed by atoms with E-state index in [9.17, 15) is 9.90 Å². The van der Waals surface area contributed by atoms with Gasteiger partial charge in [0.25, 0.3) is 0 Å². The molecule has 2 N–H and O–H groups in total. The number of nitrogens with zero attached hydrogens (tertiary/aromatic N) is 1. The second-order valence-corrected chi connectivity index (χ2v) is 8.01. The number of carbonyl (C=O) groups is 1. The molecule has 1 aromatic carbocycles.